The minimum absolute atomic E-state index is 0.279. The summed E-state index contributed by atoms with van der Waals surface area (Å²) in [6, 6.07) is 3.91. The Hall–Kier alpha value is -2.15. The molecule has 0 aromatic carbocycles. The van der Waals surface area contributed by atoms with Gasteiger partial charge in [0.25, 0.3) is 0 Å². The molecular formula is C12H13N5OS. The van der Waals surface area contributed by atoms with E-state index >= 15 is 0 Å². The fourth-order valence-electron chi connectivity index (χ4n) is 1.82. The maximum atomic E-state index is 11.3. The Morgan fingerprint density at radius 3 is 3.00 bits per heavy atom. The lowest BCUT2D eigenvalue weighted by Gasteiger charge is -2.03. The zero-order chi connectivity index (χ0) is 13.4. The lowest BCUT2D eigenvalue weighted by atomic mass is 10.3. The van der Waals surface area contributed by atoms with Crippen molar-refractivity contribution in [3.8, 4) is 0 Å². The van der Waals surface area contributed by atoms with Crippen molar-refractivity contribution in [2.24, 2.45) is 0 Å². The molecule has 0 aliphatic carbocycles. The minimum atomic E-state index is -0.279. The molecular weight excluding hydrogens is 262 g/mol. The Kier molecular flexibility index (Phi) is 2.83. The number of hydrogen-bond donors (Lipinski definition) is 2. The van der Waals surface area contributed by atoms with E-state index in [9.17, 15) is 4.79 Å². The number of rotatable bonds is 3. The van der Waals surface area contributed by atoms with Crippen LogP contribution in [0, 0.1) is 13.8 Å². The molecule has 2 N–H and O–H groups in total. The molecule has 98 valence electrons. The quantitative estimate of drug-likeness (QED) is 0.763. The number of fused-ring (bicyclic) bond motifs is 1. The second-order valence-corrected chi connectivity index (χ2v) is 5.68. The summed E-state index contributed by atoms with van der Waals surface area (Å²) in [6.07, 6.45) is 1.47. The second kappa shape index (κ2) is 4.51. The summed E-state index contributed by atoms with van der Waals surface area (Å²) in [7, 11) is 0. The van der Waals surface area contributed by atoms with Gasteiger partial charge in [0.05, 0.1) is 6.54 Å². The molecule has 19 heavy (non-hydrogen) atoms. The monoisotopic (exact) mass is 275 g/mol. The second-order valence-electron chi connectivity index (χ2n) is 4.34. The molecule has 0 unspecified atom stereocenters. The lowest BCUT2D eigenvalue weighted by molar-refractivity contribution is 0.992. The van der Waals surface area contributed by atoms with Gasteiger partial charge in [-0.25, -0.2) is 19.3 Å². The summed E-state index contributed by atoms with van der Waals surface area (Å²) in [5.74, 6) is 0.704. The Labute approximate surface area is 113 Å². The van der Waals surface area contributed by atoms with Crippen LogP contribution in [0.1, 0.15) is 15.3 Å². The number of nitrogens with zero attached hydrogens (tertiary/aromatic N) is 3. The number of H-pyrrole nitrogens is 1. The van der Waals surface area contributed by atoms with Gasteiger partial charge in [-0.05, 0) is 25.5 Å². The molecule has 3 heterocycles. The molecule has 0 aliphatic heterocycles. The molecule has 0 spiro atoms. The van der Waals surface area contributed by atoms with Gasteiger partial charge in [-0.2, -0.15) is 5.10 Å². The normalized spacial score (nSPS) is 11.1. The third-order valence-corrected chi connectivity index (χ3v) is 4.12. The molecule has 0 saturated heterocycles. The van der Waals surface area contributed by atoms with Crippen molar-refractivity contribution < 1.29 is 0 Å². The van der Waals surface area contributed by atoms with Gasteiger partial charge in [-0.1, -0.05) is 0 Å². The molecule has 6 nitrogen and oxygen atoms in total. The first-order chi connectivity index (χ1) is 9.13. The van der Waals surface area contributed by atoms with E-state index in [2.05, 4.69) is 40.4 Å². The first-order valence-corrected chi connectivity index (χ1v) is 6.68. The number of nitrogens with one attached hydrogen (secondary N) is 2. The van der Waals surface area contributed by atoms with Crippen molar-refractivity contribution in [3.05, 3.63) is 44.3 Å². The van der Waals surface area contributed by atoms with Gasteiger partial charge in [0, 0.05) is 15.8 Å². The van der Waals surface area contributed by atoms with Crippen molar-refractivity contribution in [1.82, 2.24) is 19.6 Å². The first kappa shape index (κ1) is 11.9. The SMILES string of the molecule is Cc1cc(CNc2cc3n[nH]c(=O)n3cn2)sc1C. The molecule has 0 amide bonds. The number of anilines is 1. The van der Waals surface area contributed by atoms with Gasteiger partial charge in [0.15, 0.2) is 5.65 Å². The van der Waals surface area contributed by atoms with Crippen LogP contribution in [0.4, 0.5) is 5.82 Å². The van der Waals surface area contributed by atoms with Crippen LogP contribution in [0.3, 0.4) is 0 Å². The van der Waals surface area contributed by atoms with Gasteiger partial charge >= 0.3 is 5.69 Å². The van der Waals surface area contributed by atoms with Gasteiger partial charge in [-0.15, -0.1) is 11.3 Å². The highest BCUT2D eigenvalue weighted by Gasteiger charge is 2.04. The smallest absolute Gasteiger partial charge is 0.348 e. The number of aromatic nitrogens is 4. The highest BCUT2D eigenvalue weighted by atomic mass is 32.1. The molecule has 0 bridgehead atoms. The van der Waals surface area contributed by atoms with Crippen molar-refractivity contribution >= 4 is 22.8 Å². The third-order valence-electron chi connectivity index (χ3n) is 2.97. The standard InChI is InChI=1S/C12H13N5OS/c1-7-3-9(19-8(7)2)5-13-10-4-11-15-16-12(18)17(11)6-14-10/h3-4,6,13H,5H2,1-2H3,(H,16,18). The van der Waals surface area contributed by atoms with Crippen molar-refractivity contribution in [2.45, 2.75) is 20.4 Å². The van der Waals surface area contributed by atoms with E-state index in [0.717, 1.165) is 6.54 Å². The molecule has 3 rings (SSSR count). The topological polar surface area (TPSA) is 75.1 Å². The number of hydrogen-bond acceptors (Lipinski definition) is 5. The summed E-state index contributed by atoms with van der Waals surface area (Å²) in [6.45, 7) is 4.94. The van der Waals surface area contributed by atoms with Crippen LogP contribution in [-0.2, 0) is 6.54 Å². The Morgan fingerprint density at radius 1 is 1.42 bits per heavy atom. The van der Waals surface area contributed by atoms with E-state index in [1.807, 2.05) is 0 Å². The minimum Gasteiger partial charge on any atom is -0.365 e. The summed E-state index contributed by atoms with van der Waals surface area (Å²) >= 11 is 1.77. The Balaban J connectivity index is 1.79. The summed E-state index contributed by atoms with van der Waals surface area (Å²) in [5.41, 5.74) is 1.59. The van der Waals surface area contributed by atoms with Crippen LogP contribution in [-0.4, -0.2) is 19.6 Å². The van der Waals surface area contributed by atoms with Crippen molar-refractivity contribution in [1.29, 1.82) is 0 Å². The third kappa shape index (κ3) is 2.24. The summed E-state index contributed by atoms with van der Waals surface area (Å²) in [4.78, 5) is 18.1. The van der Waals surface area contributed by atoms with Gasteiger partial charge in [0.1, 0.15) is 12.1 Å². The van der Waals surface area contributed by atoms with Crippen molar-refractivity contribution in [2.75, 3.05) is 5.32 Å². The van der Waals surface area contributed by atoms with E-state index in [-0.39, 0.29) is 5.69 Å². The fraction of sp³-hybridized carbons (Fsp3) is 0.250. The highest BCUT2D eigenvalue weighted by Crippen LogP contribution is 2.21. The fourth-order valence-corrected chi connectivity index (χ4v) is 2.81. The van der Waals surface area contributed by atoms with Crippen LogP contribution >= 0.6 is 11.3 Å². The highest BCUT2D eigenvalue weighted by molar-refractivity contribution is 7.12. The van der Waals surface area contributed by atoms with E-state index in [0.29, 0.717) is 11.5 Å². The van der Waals surface area contributed by atoms with Crippen LogP contribution in [0.25, 0.3) is 5.65 Å². The molecule has 7 heteroatoms. The molecule has 0 aliphatic rings. The maximum Gasteiger partial charge on any atom is 0.348 e. The molecule has 3 aromatic heterocycles. The zero-order valence-corrected chi connectivity index (χ0v) is 11.4. The number of thiophene rings is 1. The van der Waals surface area contributed by atoms with Crippen LogP contribution in [0.2, 0.25) is 0 Å². The van der Waals surface area contributed by atoms with Crippen LogP contribution in [0.15, 0.2) is 23.3 Å². The van der Waals surface area contributed by atoms with Crippen LogP contribution in [0.5, 0.6) is 0 Å². The van der Waals surface area contributed by atoms with E-state index in [1.165, 1.54) is 26.0 Å². The average molecular weight is 275 g/mol. The van der Waals surface area contributed by atoms with Gasteiger partial charge in [0.2, 0.25) is 0 Å². The molecule has 0 radical (unpaired) electrons. The zero-order valence-electron chi connectivity index (χ0n) is 10.6. The predicted molar refractivity (Wildman–Crippen MR) is 74.7 cm³/mol. The van der Waals surface area contributed by atoms with Gasteiger partial charge in [-0.3, -0.25) is 0 Å². The van der Waals surface area contributed by atoms with E-state index in [4.69, 9.17) is 0 Å². The van der Waals surface area contributed by atoms with Crippen molar-refractivity contribution in [3.63, 3.8) is 0 Å². The maximum absolute atomic E-state index is 11.3. The Morgan fingerprint density at radius 2 is 2.26 bits per heavy atom. The molecule has 3 aromatic rings. The number of aryl methyl sites for hydroxylation is 2. The summed E-state index contributed by atoms with van der Waals surface area (Å²) in [5, 5.41) is 9.51. The van der Waals surface area contributed by atoms with E-state index < -0.39 is 0 Å². The molecule has 0 atom stereocenters. The predicted octanol–water partition coefficient (Wildman–Crippen LogP) is 1.71. The molecule has 0 saturated carbocycles. The lowest BCUT2D eigenvalue weighted by Crippen LogP contribution is -2.10. The van der Waals surface area contributed by atoms with E-state index in [1.54, 1.807) is 17.4 Å². The largest absolute Gasteiger partial charge is 0.365 e. The Bertz CT molecular complexity index is 765. The van der Waals surface area contributed by atoms with Crippen LogP contribution < -0.4 is 11.0 Å². The molecule has 0 fully saturated rings. The average Bonchev–Trinajstić information content (AvgIpc) is 2.91. The van der Waals surface area contributed by atoms with Gasteiger partial charge < -0.3 is 5.32 Å². The number of aromatic amines is 1. The first-order valence-electron chi connectivity index (χ1n) is 5.86. The summed E-state index contributed by atoms with van der Waals surface area (Å²) < 4.78 is 1.37.